The number of rotatable bonds is 5. The van der Waals surface area contributed by atoms with Crippen LogP contribution in [0.4, 0.5) is 0 Å². The van der Waals surface area contributed by atoms with Crippen LogP contribution in [-0.2, 0) is 19.1 Å². The van der Waals surface area contributed by atoms with Crippen LogP contribution in [0.15, 0.2) is 17.6 Å². The van der Waals surface area contributed by atoms with E-state index in [1.807, 2.05) is 0 Å². The van der Waals surface area contributed by atoms with Crippen LogP contribution in [-0.4, -0.2) is 41.9 Å². The van der Waals surface area contributed by atoms with Gasteiger partial charge in [0.05, 0.1) is 12.6 Å². The van der Waals surface area contributed by atoms with Crippen LogP contribution in [0.2, 0.25) is 0 Å². The summed E-state index contributed by atoms with van der Waals surface area (Å²) < 4.78 is 4.66. The van der Waals surface area contributed by atoms with Crippen molar-refractivity contribution in [3.8, 4) is 0 Å². The smallest absolute Gasteiger partial charge is 0.846 e. The van der Waals surface area contributed by atoms with E-state index in [4.69, 9.17) is 0 Å². The first kappa shape index (κ1) is 18.8. The second kappa shape index (κ2) is 7.56. The third kappa shape index (κ3) is 3.68. The number of hydrogen-bond acceptors (Lipinski definition) is 5. The Morgan fingerprint density at radius 2 is 2.15 bits per heavy atom. The number of amides is 2. The summed E-state index contributed by atoms with van der Waals surface area (Å²) in [4.78, 5) is 39.1. The molecule has 1 aliphatic heterocycles. The Labute approximate surface area is 139 Å². The van der Waals surface area contributed by atoms with E-state index >= 15 is 0 Å². The van der Waals surface area contributed by atoms with Gasteiger partial charge in [-0.1, -0.05) is 6.08 Å². The monoisotopic (exact) mass is 290 g/mol. The fourth-order valence-corrected chi connectivity index (χ4v) is 1.69. The number of aliphatic imine (C=N–C) groups is 1. The van der Waals surface area contributed by atoms with Crippen molar-refractivity contribution in [1.29, 1.82) is 0 Å². The SMILES string of the molecule is C=CCC1(C)C(=O)N=C([O-])N(CC(=O)OCC)C1=O.[Na+]. The predicted octanol–water partition coefficient (Wildman–Crippen LogP) is -3.78. The van der Waals surface area contributed by atoms with E-state index in [9.17, 15) is 19.5 Å². The van der Waals surface area contributed by atoms with Crippen LogP contribution < -0.4 is 34.7 Å². The van der Waals surface area contributed by atoms with Gasteiger partial charge in [-0.2, -0.15) is 0 Å². The van der Waals surface area contributed by atoms with Crippen molar-refractivity contribution >= 4 is 23.8 Å². The van der Waals surface area contributed by atoms with Crippen LogP contribution in [0.5, 0.6) is 0 Å². The maximum absolute atomic E-state index is 12.2. The summed E-state index contributed by atoms with van der Waals surface area (Å²) in [5.41, 5.74) is -1.48. The normalized spacial score (nSPS) is 21.9. The van der Waals surface area contributed by atoms with Gasteiger partial charge in [0.1, 0.15) is 12.0 Å². The first-order chi connectivity index (χ1) is 8.86. The molecular weight excluding hydrogens is 275 g/mol. The van der Waals surface area contributed by atoms with Crippen LogP contribution in [0.3, 0.4) is 0 Å². The van der Waals surface area contributed by atoms with Crippen LogP contribution in [0, 0.1) is 5.41 Å². The Morgan fingerprint density at radius 3 is 2.65 bits per heavy atom. The Balaban J connectivity index is 0.00000361. The number of hydrogen-bond donors (Lipinski definition) is 0. The van der Waals surface area contributed by atoms with Gasteiger partial charge in [-0.25, -0.2) is 4.99 Å². The van der Waals surface area contributed by atoms with E-state index in [2.05, 4.69) is 16.3 Å². The van der Waals surface area contributed by atoms with Crippen LogP contribution >= 0.6 is 0 Å². The molecule has 1 heterocycles. The molecule has 0 bridgehead atoms. The molecule has 8 heteroatoms. The summed E-state index contributed by atoms with van der Waals surface area (Å²) in [5, 5.41) is 11.5. The maximum atomic E-state index is 12.2. The Hall–Kier alpha value is -1.18. The minimum absolute atomic E-state index is 0. The van der Waals surface area contributed by atoms with E-state index < -0.39 is 35.8 Å². The first-order valence-corrected chi connectivity index (χ1v) is 5.75. The molecule has 0 saturated carbocycles. The Bertz CT molecular complexity index is 463. The molecule has 2 amide bonds. The summed E-state index contributed by atoms with van der Waals surface area (Å²) in [5.74, 6) is -2.30. The average Bonchev–Trinajstić information content (AvgIpc) is 2.33. The molecule has 0 aromatic carbocycles. The molecular formula is C12H15N2NaO5. The minimum atomic E-state index is -1.48. The number of carbonyl (C=O) groups is 3. The number of carbonyl (C=O) groups excluding carboxylic acids is 3. The number of amidine groups is 1. The summed E-state index contributed by atoms with van der Waals surface area (Å²) in [6.07, 6.45) is 1.43. The zero-order chi connectivity index (χ0) is 14.6. The van der Waals surface area contributed by atoms with E-state index in [-0.39, 0.29) is 42.6 Å². The number of nitrogens with zero attached hydrogens (tertiary/aromatic N) is 2. The van der Waals surface area contributed by atoms with Crippen molar-refractivity contribution in [3.05, 3.63) is 12.7 Å². The van der Waals surface area contributed by atoms with E-state index in [1.54, 1.807) is 6.92 Å². The molecule has 104 valence electrons. The molecule has 1 rings (SSSR count). The standard InChI is InChI=1S/C12H16N2O5.Na/c1-4-6-12(3)9(16)13-11(18)14(10(12)17)7-8(15)19-5-2;/h4H,1,5-7H2,2-3H3,(H,13,16,18);/q;+1/p-1. The molecule has 0 spiro atoms. The Kier molecular flexibility index (Phi) is 7.12. The van der Waals surface area contributed by atoms with Gasteiger partial charge in [0, 0.05) is 0 Å². The summed E-state index contributed by atoms with van der Waals surface area (Å²) in [6, 6.07) is -1.04. The summed E-state index contributed by atoms with van der Waals surface area (Å²) in [6.45, 7) is 6.02. The average molecular weight is 290 g/mol. The van der Waals surface area contributed by atoms with Gasteiger partial charge in [-0.3, -0.25) is 19.3 Å². The van der Waals surface area contributed by atoms with Gasteiger partial charge in [0.15, 0.2) is 0 Å². The van der Waals surface area contributed by atoms with Gasteiger partial charge in [-0.15, -0.1) is 6.58 Å². The number of ether oxygens (including phenoxy) is 1. The summed E-state index contributed by atoms with van der Waals surface area (Å²) in [7, 11) is 0. The van der Waals surface area contributed by atoms with Gasteiger partial charge in [0.25, 0.3) is 5.91 Å². The minimum Gasteiger partial charge on any atom is -0.846 e. The van der Waals surface area contributed by atoms with Crippen LogP contribution in [0.1, 0.15) is 20.3 Å². The van der Waals surface area contributed by atoms with Crippen molar-refractivity contribution in [2.24, 2.45) is 10.4 Å². The molecule has 0 aromatic heterocycles. The second-order valence-corrected chi connectivity index (χ2v) is 4.22. The molecule has 1 unspecified atom stereocenters. The fourth-order valence-electron chi connectivity index (χ4n) is 1.69. The number of allylic oxidation sites excluding steroid dienone is 1. The van der Waals surface area contributed by atoms with E-state index in [1.165, 1.54) is 13.0 Å². The van der Waals surface area contributed by atoms with Crippen molar-refractivity contribution in [2.75, 3.05) is 13.2 Å². The zero-order valence-electron chi connectivity index (χ0n) is 11.8. The third-order valence-corrected chi connectivity index (χ3v) is 2.76. The quantitative estimate of drug-likeness (QED) is 0.224. The maximum Gasteiger partial charge on any atom is 1.00 e. The van der Waals surface area contributed by atoms with Crippen molar-refractivity contribution in [1.82, 2.24) is 4.90 Å². The van der Waals surface area contributed by atoms with Crippen molar-refractivity contribution < 1.29 is 53.8 Å². The molecule has 0 radical (unpaired) electrons. The molecule has 0 aromatic rings. The molecule has 20 heavy (non-hydrogen) atoms. The topological polar surface area (TPSA) is 99.1 Å². The molecule has 0 N–H and O–H groups in total. The van der Waals surface area contributed by atoms with E-state index in [0.29, 0.717) is 4.90 Å². The van der Waals surface area contributed by atoms with Crippen molar-refractivity contribution in [2.45, 2.75) is 20.3 Å². The Morgan fingerprint density at radius 1 is 1.55 bits per heavy atom. The molecule has 0 fully saturated rings. The van der Waals surface area contributed by atoms with Gasteiger partial charge >= 0.3 is 35.5 Å². The summed E-state index contributed by atoms with van der Waals surface area (Å²) >= 11 is 0. The second-order valence-electron chi connectivity index (χ2n) is 4.22. The first-order valence-electron chi connectivity index (χ1n) is 5.75. The molecule has 1 atom stereocenters. The van der Waals surface area contributed by atoms with Crippen molar-refractivity contribution in [3.63, 3.8) is 0 Å². The third-order valence-electron chi connectivity index (χ3n) is 2.76. The number of esters is 1. The fraction of sp³-hybridized carbons (Fsp3) is 0.500. The molecule has 0 aliphatic carbocycles. The molecule has 0 saturated heterocycles. The molecule has 7 nitrogen and oxygen atoms in total. The molecule has 1 aliphatic rings. The van der Waals surface area contributed by atoms with Crippen LogP contribution in [0.25, 0.3) is 0 Å². The zero-order valence-corrected chi connectivity index (χ0v) is 13.8. The largest absolute Gasteiger partial charge is 1.00 e. The van der Waals surface area contributed by atoms with E-state index in [0.717, 1.165) is 0 Å². The predicted molar refractivity (Wildman–Crippen MR) is 63.7 cm³/mol. The van der Waals surface area contributed by atoms with Gasteiger partial charge < -0.3 is 9.84 Å². The van der Waals surface area contributed by atoms with Gasteiger partial charge in [0.2, 0.25) is 5.91 Å². The van der Waals surface area contributed by atoms with Gasteiger partial charge in [-0.05, 0) is 20.3 Å².